The number of ether oxygens (including phenoxy) is 2. The number of unbranched alkanes of at least 4 members (excludes halogenated alkanes) is 3. The molecule has 33 heavy (non-hydrogen) atoms. The first-order chi connectivity index (χ1) is 15.7. The van der Waals surface area contributed by atoms with Gasteiger partial charge in [0.05, 0.1) is 6.10 Å². The summed E-state index contributed by atoms with van der Waals surface area (Å²) in [7, 11) is -5.47. The number of hydrogen-bond donors (Lipinski definition) is 0. The van der Waals surface area contributed by atoms with E-state index in [1.54, 1.807) is 12.1 Å². The van der Waals surface area contributed by atoms with Crippen LogP contribution in [0.15, 0.2) is 41.6 Å². The van der Waals surface area contributed by atoms with Crippen molar-refractivity contribution in [2.75, 3.05) is 6.61 Å². The molecule has 1 saturated heterocycles. The maximum Gasteiger partial charge on any atom is 0.502 e. The molecule has 1 fully saturated rings. The molecule has 2 unspecified atom stereocenters. The zero-order valence-corrected chi connectivity index (χ0v) is 19.4. The largest absolute Gasteiger partial charge is 0.502 e. The first-order valence-corrected chi connectivity index (χ1v) is 12.7. The van der Waals surface area contributed by atoms with Gasteiger partial charge in [0, 0.05) is 24.6 Å². The number of hydrogen-bond acceptors (Lipinski definition) is 6. The molecule has 2 heterocycles. The Labute approximate surface area is 192 Å². The average Bonchev–Trinajstić information content (AvgIpc) is 2.81. The Kier molecular flexibility index (Phi) is 8.83. The molecular formula is C23H29F3N2O4S. The van der Waals surface area contributed by atoms with Crippen LogP contribution in [0.4, 0.5) is 13.2 Å². The molecular weight excluding hydrogens is 457 g/mol. The van der Waals surface area contributed by atoms with Gasteiger partial charge in [0.2, 0.25) is 0 Å². The molecule has 2 atom stereocenters. The van der Waals surface area contributed by atoms with Crippen LogP contribution in [-0.4, -0.2) is 36.8 Å². The highest BCUT2D eigenvalue weighted by atomic mass is 32.2. The fourth-order valence-electron chi connectivity index (χ4n) is 3.66. The van der Waals surface area contributed by atoms with E-state index < -0.39 is 20.2 Å². The van der Waals surface area contributed by atoms with Gasteiger partial charge >= 0.3 is 5.51 Å². The van der Waals surface area contributed by atoms with Crippen LogP contribution in [0.25, 0.3) is 11.4 Å². The highest BCUT2D eigenvalue weighted by Crippen LogP contribution is 2.31. The van der Waals surface area contributed by atoms with Crippen LogP contribution >= 0.6 is 0 Å². The number of sulfone groups is 1. The molecule has 2 aromatic rings. The van der Waals surface area contributed by atoms with Gasteiger partial charge in [-0.1, -0.05) is 56.9 Å². The van der Waals surface area contributed by atoms with Crippen molar-refractivity contribution in [3.05, 3.63) is 42.2 Å². The van der Waals surface area contributed by atoms with Crippen molar-refractivity contribution in [1.82, 2.24) is 9.97 Å². The first-order valence-electron chi connectivity index (χ1n) is 11.2. The Morgan fingerprint density at radius 2 is 1.79 bits per heavy atom. The van der Waals surface area contributed by atoms with Gasteiger partial charge in [0.15, 0.2) is 12.1 Å². The van der Waals surface area contributed by atoms with Gasteiger partial charge in [-0.15, -0.1) is 0 Å². The number of benzene rings is 1. The van der Waals surface area contributed by atoms with Crippen molar-refractivity contribution >= 4 is 9.84 Å². The third-order valence-electron chi connectivity index (χ3n) is 5.56. The van der Waals surface area contributed by atoms with Gasteiger partial charge < -0.3 is 9.47 Å². The molecule has 10 heteroatoms. The standard InChI is InChI=1S/C23H29F3N2O4S/c1-2-3-4-5-8-20(32-21-9-6-7-14-31-21)17-10-12-18(13-11-17)22-27-15-19(16-28-22)33(29,30)23(24,25)26/h10-13,15-16,20-21H,2-9,14H2,1H3. The monoisotopic (exact) mass is 486 g/mol. The normalized spacial score (nSPS) is 18.2. The number of halogens is 3. The van der Waals surface area contributed by atoms with Crippen molar-refractivity contribution in [1.29, 1.82) is 0 Å². The molecule has 182 valence electrons. The second-order valence-corrected chi connectivity index (χ2v) is 10.0. The van der Waals surface area contributed by atoms with Crippen LogP contribution in [0.5, 0.6) is 0 Å². The molecule has 1 aliphatic rings. The third kappa shape index (κ3) is 6.74. The molecule has 3 rings (SSSR count). The maximum absolute atomic E-state index is 12.7. The predicted molar refractivity (Wildman–Crippen MR) is 117 cm³/mol. The van der Waals surface area contributed by atoms with Gasteiger partial charge in [-0.05, 0) is 31.2 Å². The van der Waals surface area contributed by atoms with E-state index in [0.29, 0.717) is 24.6 Å². The molecule has 0 aliphatic carbocycles. The van der Waals surface area contributed by atoms with Crippen molar-refractivity contribution in [3.8, 4) is 11.4 Å². The summed E-state index contributed by atoms with van der Waals surface area (Å²) in [5, 5.41) is 0. The summed E-state index contributed by atoms with van der Waals surface area (Å²) in [5.74, 6) is 0.138. The molecule has 1 aliphatic heterocycles. The molecule has 0 amide bonds. The average molecular weight is 487 g/mol. The van der Waals surface area contributed by atoms with E-state index >= 15 is 0 Å². The van der Waals surface area contributed by atoms with Crippen molar-refractivity contribution < 1.29 is 31.1 Å². The molecule has 0 bridgehead atoms. The van der Waals surface area contributed by atoms with Gasteiger partial charge in [0.1, 0.15) is 4.90 Å². The minimum Gasteiger partial charge on any atom is -0.353 e. The Morgan fingerprint density at radius 3 is 2.36 bits per heavy atom. The van der Waals surface area contributed by atoms with E-state index in [0.717, 1.165) is 50.5 Å². The van der Waals surface area contributed by atoms with Crippen LogP contribution < -0.4 is 0 Å². The quantitative estimate of drug-likeness (QED) is 0.384. The molecule has 0 N–H and O–H groups in total. The lowest BCUT2D eigenvalue weighted by Crippen LogP contribution is -2.24. The van der Waals surface area contributed by atoms with E-state index in [9.17, 15) is 21.6 Å². The fourth-order valence-corrected chi connectivity index (χ4v) is 4.31. The summed E-state index contributed by atoms with van der Waals surface area (Å²) in [6.07, 6.45) is 9.33. The Balaban J connectivity index is 1.73. The molecule has 0 saturated carbocycles. The van der Waals surface area contributed by atoms with Gasteiger partial charge in [-0.2, -0.15) is 13.2 Å². The molecule has 6 nitrogen and oxygen atoms in total. The Morgan fingerprint density at radius 1 is 1.09 bits per heavy atom. The van der Waals surface area contributed by atoms with E-state index in [1.165, 1.54) is 6.42 Å². The Bertz CT molecular complexity index is 974. The van der Waals surface area contributed by atoms with Crippen molar-refractivity contribution in [3.63, 3.8) is 0 Å². The highest BCUT2D eigenvalue weighted by Gasteiger charge is 2.47. The van der Waals surface area contributed by atoms with Crippen LogP contribution in [0.1, 0.15) is 70.0 Å². The van der Waals surface area contributed by atoms with Gasteiger partial charge in [0.25, 0.3) is 9.84 Å². The van der Waals surface area contributed by atoms with Crippen LogP contribution in [-0.2, 0) is 19.3 Å². The van der Waals surface area contributed by atoms with Gasteiger partial charge in [-0.25, -0.2) is 18.4 Å². The molecule has 0 radical (unpaired) electrons. The maximum atomic E-state index is 12.7. The highest BCUT2D eigenvalue weighted by molar-refractivity contribution is 7.92. The summed E-state index contributed by atoms with van der Waals surface area (Å²) in [6.45, 7) is 2.86. The molecule has 0 spiro atoms. The van der Waals surface area contributed by atoms with Gasteiger partial charge in [-0.3, -0.25) is 0 Å². The number of rotatable bonds is 10. The smallest absolute Gasteiger partial charge is 0.353 e. The van der Waals surface area contributed by atoms with Crippen molar-refractivity contribution in [2.24, 2.45) is 0 Å². The van der Waals surface area contributed by atoms with Crippen molar-refractivity contribution in [2.45, 2.75) is 81.1 Å². The van der Waals surface area contributed by atoms with Crippen LogP contribution in [0.2, 0.25) is 0 Å². The van der Waals surface area contributed by atoms with E-state index in [2.05, 4.69) is 16.9 Å². The summed E-state index contributed by atoms with van der Waals surface area (Å²) in [4.78, 5) is 6.67. The first kappa shape index (κ1) is 25.6. The SMILES string of the molecule is CCCCCCC(OC1CCCCO1)c1ccc(-c2ncc(S(=O)(=O)C(F)(F)F)cn2)cc1. The van der Waals surface area contributed by atoms with E-state index in [1.807, 2.05) is 12.1 Å². The second-order valence-electron chi connectivity index (χ2n) is 8.08. The molecule has 1 aromatic carbocycles. The number of nitrogens with zero attached hydrogens (tertiary/aromatic N) is 2. The summed E-state index contributed by atoms with van der Waals surface area (Å²) in [5.41, 5.74) is -3.86. The fraction of sp³-hybridized carbons (Fsp3) is 0.565. The minimum atomic E-state index is -5.47. The lowest BCUT2D eigenvalue weighted by molar-refractivity contribution is -0.191. The topological polar surface area (TPSA) is 78.4 Å². The zero-order valence-electron chi connectivity index (χ0n) is 18.6. The third-order valence-corrected chi connectivity index (χ3v) is 7.00. The van der Waals surface area contributed by atoms with Crippen LogP contribution in [0.3, 0.4) is 0 Å². The lowest BCUT2D eigenvalue weighted by atomic mass is 10.0. The van der Waals surface area contributed by atoms with Crippen LogP contribution in [0, 0.1) is 0 Å². The summed E-state index contributed by atoms with van der Waals surface area (Å²) < 4.78 is 73.1. The minimum absolute atomic E-state index is 0.126. The predicted octanol–water partition coefficient (Wildman–Crippen LogP) is 5.99. The summed E-state index contributed by atoms with van der Waals surface area (Å²) >= 11 is 0. The summed E-state index contributed by atoms with van der Waals surface area (Å²) in [6, 6.07) is 7.28. The Hall–Kier alpha value is -2.04. The number of alkyl halides is 3. The lowest BCUT2D eigenvalue weighted by Gasteiger charge is -2.28. The molecule has 1 aromatic heterocycles. The zero-order chi connectivity index (χ0) is 23.9. The second kappa shape index (κ2) is 11.4. The van der Waals surface area contributed by atoms with E-state index in [4.69, 9.17) is 9.47 Å². The number of aromatic nitrogens is 2. The van der Waals surface area contributed by atoms with E-state index in [-0.39, 0.29) is 18.2 Å².